The minimum atomic E-state index is -0.252. The van der Waals surface area contributed by atoms with Gasteiger partial charge in [-0.15, -0.1) is 0 Å². The van der Waals surface area contributed by atoms with E-state index in [1.165, 1.54) is 0 Å². The first kappa shape index (κ1) is 20.6. The Balaban J connectivity index is 1.40. The Morgan fingerprint density at radius 3 is 2.90 bits per heavy atom. The number of nitrogens with zero attached hydrogens (tertiary/aromatic N) is 5. The molecule has 1 aliphatic rings. The number of benzene rings is 1. The number of hydrogen-bond acceptors (Lipinski definition) is 7. The van der Waals surface area contributed by atoms with Crippen molar-refractivity contribution in [2.75, 3.05) is 32.2 Å². The predicted molar refractivity (Wildman–Crippen MR) is 116 cm³/mol. The molecule has 9 nitrogen and oxygen atoms in total. The van der Waals surface area contributed by atoms with Crippen LogP contribution in [0.5, 0.6) is 11.5 Å². The van der Waals surface area contributed by atoms with Crippen LogP contribution in [0.3, 0.4) is 0 Å². The molecule has 1 N–H and O–H groups in total. The standard InChI is InChI=1S/C22H26N6O3/c1-30-17-5-6-19(31-2)16(14-17)7-9-24-21(29)18-4-3-12-28(18)20-8-10-25-22(26-20)27-13-11-23-15-27/h5-6,8,10-11,13-15,18H,3-4,7,9,12H2,1-2H3,(H,24,29). The number of nitrogens with one attached hydrogen (secondary N) is 1. The van der Waals surface area contributed by atoms with E-state index in [0.29, 0.717) is 18.9 Å². The highest BCUT2D eigenvalue weighted by atomic mass is 16.5. The molecule has 0 bridgehead atoms. The van der Waals surface area contributed by atoms with Crippen LogP contribution in [0.25, 0.3) is 5.95 Å². The van der Waals surface area contributed by atoms with E-state index in [9.17, 15) is 4.79 Å². The van der Waals surface area contributed by atoms with Crippen LogP contribution in [-0.2, 0) is 11.2 Å². The molecule has 0 aliphatic carbocycles. The van der Waals surface area contributed by atoms with Gasteiger partial charge in [0.2, 0.25) is 11.9 Å². The number of carbonyl (C=O) groups excluding carboxylic acids is 1. The zero-order valence-corrected chi connectivity index (χ0v) is 17.7. The van der Waals surface area contributed by atoms with Gasteiger partial charge < -0.3 is 19.7 Å². The van der Waals surface area contributed by atoms with Crippen LogP contribution in [0.4, 0.5) is 5.82 Å². The van der Waals surface area contributed by atoms with Crippen molar-refractivity contribution in [3.8, 4) is 17.4 Å². The van der Waals surface area contributed by atoms with Crippen LogP contribution in [0.2, 0.25) is 0 Å². The number of amides is 1. The summed E-state index contributed by atoms with van der Waals surface area (Å²) in [4.78, 5) is 28.0. The molecule has 1 aromatic carbocycles. The van der Waals surface area contributed by atoms with Crippen molar-refractivity contribution in [2.45, 2.75) is 25.3 Å². The molecule has 3 aromatic rings. The molecule has 0 spiro atoms. The lowest BCUT2D eigenvalue weighted by Gasteiger charge is -2.25. The minimum Gasteiger partial charge on any atom is -0.497 e. The van der Waals surface area contributed by atoms with Gasteiger partial charge in [-0.25, -0.2) is 9.97 Å². The summed E-state index contributed by atoms with van der Waals surface area (Å²) in [5.74, 6) is 2.83. The van der Waals surface area contributed by atoms with Gasteiger partial charge in [0.15, 0.2) is 0 Å². The molecule has 2 aromatic heterocycles. The second-order valence-electron chi connectivity index (χ2n) is 7.26. The summed E-state index contributed by atoms with van der Waals surface area (Å²) < 4.78 is 12.5. The lowest BCUT2D eigenvalue weighted by atomic mass is 10.1. The van der Waals surface area contributed by atoms with E-state index >= 15 is 0 Å². The summed E-state index contributed by atoms with van der Waals surface area (Å²) in [5.41, 5.74) is 0.992. The Labute approximate surface area is 181 Å². The molecule has 1 unspecified atom stereocenters. The summed E-state index contributed by atoms with van der Waals surface area (Å²) in [6.45, 7) is 1.29. The number of hydrogen-bond donors (Lipinski definition) is 1. The zero-order valence-electron chi connectivity index (χ0n) is 17.7. The van der Waals surface area contributed by atoms with E-state index < -0.39 is 0 Å². The number of imidazole rings is 1. The Morgan fingerprint density at radius 2 is 2.13 bits per heavy atom. The summed E-state index contributed by atoms with van der Waals surface area (Å²) in [6.07, 6.45) is 9.21. The van der Waals surface area contributed by atoms with Gasteiger partial charge in [0.25, 0.3) is 0 Å². The molecule has 1 atom stereocenters. The number of methoxy groups -OCH3 is 2. The van der Waals surface area contributed by atoms with E-state index in [2.05, 4.69) is 20.3 Å². The molecule has 9 heteroatoms. The van der Waals surface area contributed by atoms with E-state index in [0.717, 1.165) is 42.3 Å². The molecule has 3 heterocycles. The van der Waals surface area contributed by atoms with Crippen molar-refractivity contribution in [1.82, 2.24) is 24.8 Å². The molecule has 31 heavy (non-hydrogen) atoms. The van der Waals surface area contributed by atoms with Crippen LogP contribution in [0, 0.1) is 0 Å². The van der Waals surface area contributed by atoms with E-state index in [-0.39, 0.29) is 11.9 Å². The monoisotopic (exact) mass is 422 g/mol. The van der Waals surface area contributed by atoms with Gasteiger partial charge in [-0.1, -0.05) is 0 Å². The number of anilines is 1. The maximum Gasteiger partial charge on any atom is 0.242 e. The minimum absolute atomic E-state index is 0.00200. The predicted octanol–water partition coefficient (Wildman–Crippen LogP) is 2.01. The Hall–Kier alpha value is -3.62. The fraction of sp³-hybridized carbons (Fsp3) is 0.364. The third-order valence-corrected chi connectivity index (χ3v) is 5.39. The first-order valence-electron chi connectivity index (χ1n) is 10.3. The van der Waals surface area contributed by atoms with Gasteiger partial charge in [0, 0.05) is 31.7 Å². The molecule has 4 rings (SSSR count). The molecule has 162 valence electrons. The third-order valence-electron chi connectivity index (χ3n) is 5.39. The smallest absolute Gasteiger partial charge is 0.242 e. The lowest BCUT2D eigenvalue weighted by molar-refractivity contribution is -0.122. The van der Waals surface area contributed by atoms with Crippen molar-refractivity contribution < 1.29 is 14.3 Å². The molecule has 0 radical (unpaired) electrons. The molecule has 1 saturated heterocycles. The summed E-state index contributed by atoms with van der Waals surface area (Å²) in [6, 6.07) is 7.26. The Kier molecular flexibility index (Phi) is 6.30. The number of aromatic nitrogens is 4. The second kappa shape index (κ2) is 9.46. The van der Waals surface area contributed by atoms with Crippen LogP contribution in [0.1, 0.15) is 18.4 Å². The van der Waals surface area contributed by atoms with Gasteiger partial charge in [-0.3, -0.25) is 9.36 Å². The van der Waals surface area contributed by atoms with Gasteiger partial charge in [0.1, 0.15) is 29.7 Å². The van der Waals surface area contributed by atoms with Gasteiger partial charge >= 0.3 is 0 Å². The van der Waals surface area contributed by atoms with Gasteiger partial charge in [0.05, 0.1) is 14.2 Å². The molecule has 0 saturated carbocycles. The average molecular weight is 422 g/mol. The fourth-order valence-corrected chi connectivity index (χ4v) is 3.83. The SMILES string of the molecule is COc1ccc(OC)c(CCNC(=O)C2CCCN2c2ccnc(-n3ccnc3)n2)c1. The first-order valence-corrected chi connectivity index (χ1v) is 10.3. The highest BCUT2D eigenvalue weighted by molar-refractivity contribution is 5.85. The fourth-order valence-electron chi connectivity index (χ4n) is 3.83. The lowest BCUT2D eigenvalue weighted by Crippen LogP contribution is -2.44. The topological polar surface area (TPSA) is 94.4 Å². The van der Waals surface area contributed by atoms with Crippen molar-refractivity contribution >= 4 is 11.7 Å². The molecule has 1 aliphatic heterocycles. The van der Waals surface area contributed by atoms with Gasteiger partial charge in [-0.2, -0.15) is 4.98 Å². The summed E-state index contributed by atoms with van der Waals surface area (Å²) >= 11 is 0. The maximum atomic E-state index is 12.9. The van der Waals surface area contributed by atoms with Crippen molar-refractivity contribution in [1.29, 1.82) is 0 Å². The molecule has 1 amide bonds. The molecular weight excluding hydrogens is 396 g/mol. The quantitative estimate of drug-likeness (QED) is 0.593. The van der Waals surface area contributed by atoms with Crippen molar-refractivity contribution in [3.63, 3.8) is 0 Å². The van der Waals surface area contributed by atoms with E-state index in [1.807, 2.05) is 29.2 Å². The summed E-state index contributed by atoms with van der Waals surface area (Å²) in [5, 5.41) is 3.07. The molecular formula is C22H26N6O3. The zero-order chi connectivity index (χ0) is 21.6. The van der Waals surface area contributed by atoms with E-state index in [4.69, 9.17) is 9.47 Å². The summed E-state index contributed by atoms with van der Waals surface area (Å²) in [7, 11) is 3.27. The van der Waals surface area contributed by atoms with Crippen LogP contribution >= 0.6 is 0 Å². The van der Waals surface area contributed by atoms with Crippen molar-refractivity contribution in [3.05, 3.63) is 54.7 Å². The molecule has 1 fully saturated rings. The largest absolute Gasteiger partial charge is 0.497 e. The average Bonchev–Trinajstić information content (AvgIpc) is 3.51. The third kappa shape index (κ3) is 4.60. The number of rotatable bonds is 8. The normalized spacial score (nSPS) is 15.7. The number of ether oxygens (including phenoxy) is 2. The highest BCUT2D eigenvalue weighted by Gasteiger charge is 2.31. The highest BCUT2D eigenvalue weighted by Crippen LogP contribution is 2.25. The Morgan fingerprint density at radius 1 is 1.23 bits per heavy atom. The van der Waals surface area contributed by atoms with Crippen LogP contribution in [0.15, 0.2) is 49.2 Å². The van der Waals surface area contributed by atoms with Gasteiger partial charge in [-0.05, 0) is 49.1 Å². The van der Waals surface area contributed by atoms with Crippen LogP contribution < -0.4 is 19.7 Å². The first-order chi connectivity index (χ1) is 15.2. The van der Waals surface area contributed by atoms with Crippen LogP contribution in [-0.4, -0.2) is 58.8 Å². The van der Waals surface area contributed by atoms with Crippen molar-refractivity contribution in [2.24, 2.45) is 0 Å². The number of carbonyl (C=O) groups is 1. The second-order valence-corrected chi connectivity index (χ2v) is 7.26. The van der Waals surface area contributed by atoms with E-state index in [1.54, 1.807) is 43.7 Å². The Bertz CT molecular complexity index is 1020. The maximum absolute atomic E-state index is 12.9.